The van der Waals surface area contributed by atoms with Gasteiger partial charge in [-0.25, -0.2) is 0 Å². The normalized spacial score (nSPS) is 14.1. The third-order valence-electron chi connectivity index (χ3n) is 11.4. The van der Waals surface area contributed by atoms with Crippen LogP contribution in [-0.4, -0.2) is 8.80 Å². The summed E-state index contributed by atoms with van der Waals surface area (Å²) >= 11 is 0. The van der Waals surface area contributed by atoms with Gasteiger partial charge in [0.05, 0.1) is 38.4 Å². The van der Waals surface area contributed by atoms with Gasteiger partial charge in [-0.1, -0.05) is 109 Å². The van der Waals surface area contributed by atoms with Crippen molar-refractivity contribution in [2.45, 2.75) is 12.8 Å². The van der Waals surface area contributed by atoms with Crippen LogP contribution in [0.4, 0.5) is 0 Å². The van der Waals surface area contributed by atoms with E-state index < -0.39 is 0 Å². The van der Waals surface area contributed by atoms with Crippen LogP contribution in [-0.2, 0) is 6.42 Å². The Labute approximate surface area is 266 Å². The molecular formula is C44H24N2O. The molecule has 0 atom stereocenters. The number of aromatic nitrogens is 2. The van der Waals surface area contributed by atoms with Crippen molar-refractivity contribution in [1.82, 2.24) is 8.80 Å². The summed E-state index contributed by atoms with van der Waals surface area (Å²) in [6.45, 7) is 0. The maximum absolute atomic E-state index is 7.43. The summed E-state index contributed by atoms with van der Waals surface area (Å²) in [4.78, 5) is 0. The van der Waals surface area contributed by atoms with Gasteiger partial charge in [-0.3, -0.25) is 0 Å². The lowest BCUT2D eigenvalue weighted by Gasteiger charge is -2.10. The fourth-order valence-corrected chi connectivity index (χ4v) is 9.73. The van der Waals surface area contributed by atoms with Gasteiger partial charge in [0.15, 0.2) is 0 Å². The molecule has 0 aliphatic heterocycles. The van der Waals surface area contributed by atoms with E-state index in [1.165, 1.54) is 109 Å². The second-order valence-corrected chi connectivity index (χ2v) is 13.4. The zero-order chi connectivity index (χ0) is 30.1. The monoisotopic (exact) mass is 596 g/mol. The van der Waals surface area contributed by atoms with Crippen LogP contribution in [0.15, 0.2) is 120 Å². The standard InChI is InChI=1S/C44H24N2O/c1-3-15-29-25(13-1)35-36-26-14-2-4-16-30(26)42-38(32-20-10-18-28-24-12-6-8-22-34(24)46(42)40(28)32)44(36)47-43(35)37-31-19-9-17-27-23-11-5-7-21-33(23)45(39(27)31)41(29)37/h1-5,7-11,13-22H,6,12H2. The summed E-state index contributed by atoms with van der Waals surface area (Å²) in [5.74, 6) is 0. The fourth-order valence-electron chi connectivity index (χ4n) is 9.73. The largest absolute Gasteiger partial charge is 0.455 e. The van der Waals surface area contributed by atoms with E-state index in [0.29, 0.717) is 0 Å². The lowest BCUT2D eigenvalue weighted by molar-refractivity contribution is 0.677. The summed E-state index contributed by atoms with van der Waals surface area (Å²) in [7, 11) is 0. The summed E-state index contributed by atoms with van der Waals surface area (Å²) in [5.41, 5.74) is 11.1. The highest BCUT2D eigenvalue weighted by Crippen LogP contribution is 2.52. The molecule has 0 fully saturated rings. The molecule has 1 aliphatic carbocycles. The molecule has 47 heavy (non-hydrogen) atoms. The number of para-hydroxylation sites is 3. The first-order valence-corrected chi connectivity index (χ1v) is 16.6. The van der Waals surface area contributed by atoms with Crippen molar-refractivity contribution in [3.63, 3.8) is 0 Å². The van der Waals surface area contributed by atoms with Crippen molar-refractivity contribution in [3.05, 3.63) is 127 Å². The lowest BCUT2D eigenvalue weighted by atomic mass is 9.94. The first-order valence-electron chi connectivity index (χ1n) is 16.6. The molecule has 0 spiro atoms. The van der Waals surface area contributed by atoms with Crippen LogP contribution >= 0.6 is 0 Å². The van der Waals surface area contributed by atoms with Crippen LogP contribution < -0.4 is 0 Å². The number of hydrogen-bond donors (Lipinski definition) is 0. The van der Waals surface area contributed by atoms with E-state index in [4.69, 9.17) is 4.42 Å². The lowest BCUT2D eigenvalue weighted by Crippen LogP contribution is -1.94. The number of furan rings is 1. The van der Waals surface area contributed by atoms with Gasteiger partial charge in [-0.15, -0.1) is 0 Å². The van der Waals surface area contributed by atoms with Crippen molar-refractivity contribution in [2.75, 3.05) is 0 Å². The van der Waals surface area contributed by atoms with E-state index in [9.17, 15) is 0 Å². The highest BCUT2D eigenvalue weighted by atomic mass is 16.3. The Morgan fingerprint density at radius 2 is 0.936 bits per heavy atom. The van der Waals surface area contributed by atoms with Crippen molar-refractivity contribution in [3.8, 4) is 0 Å². The predicted octanol–water partition coefficient (Wildman–Crippen LogP) is 12.0. The average molecular weight is 597 g/mol. The number of rotatable bonds is 0. The third-order valence-corrected chi connectivity index (χ3v) is 11.4. The molecule has 5 heterocycles. The third kappa shape index (κ3) is 2.43. The SMILES string of the molecule is C1=Cc2c(c3cccc4c5c6oc7c(c8ccccc8c8c7c7cccc9c%10ccccc%10n8c97)c6c6ccccc6c5n2c34)CC1. The number of aryl methyl sites for hydroxylation is 1. The fraction of sp³-hybridized carbons (Fsp3) is 0.0455. The van der Waals surface area contributed by atoms with Gasteiger partial charge in [0.1, 0.15) is 11.2 Å². The van der Waals surface area contributed by atoms with Gasteiger partial charge >= 0.3 is 0 Å². The molecule has 216 valence electrons. The Hall–Kier alpha value is -6.06. The van der Waals surface area contributed by atoms with E-state index in [0.717, 1.165) is 24.0 Å². The molecule has 0 N–H and O–H groups in total. The Kier molecular flexibility index (Phi) is 3.80. The maximum atomic E-state index is 7.43. The Bertz CT molecular complexity index is 3400. The van der Waals surface area contributed by atoms with Crippen LogP contribution in [0.2, 0.25) is 0 Å². The molecule has 12 aromatic rings. The van der Waals surface area contributed by atoms with Gasteiger partial charge in [0.2, 0.25) is 0 Å². The average Bonchev–Trinajstić information content (AvgIpc) is 3.92. The molecule has 3 nitrogen and oxygen atoms in total. The smallest absolute Gasteiger partial charge is 0.146 e. The Morgan fingerprint density at radius 1 is 0.426 bits per heavy atom. The minimum absolute atomic E-state index is 0.984. The van der Waals surface area contributed by atoms with Gasteiger partial charge in [-0.2, -0.15) is 0 Å². The second-order valence-electron chi connectivity index (χ2n) is 13.4. The van der Waals surface area contributed by atoms with E-state index >= 15 is 0 Å². The quantitative estimate of drug-likeness (QED) is 0.171. The van der Waals surface area contributed by atoms with Gasteiger partial charge in [-0.05, 0) is 41.3 Å². The summed E-state index contributed by atoms with van der Waals surface area (Å²) in [5, 5.41) is 16.3. The van der Waals surface area contributed by atoms with Crippen LogP contribution in [0.3, 0.4) is 0 Å². The van der Waals surface area contributed by atoms with Gasteiger partial charge in [0, 0.05) is 54.2 Å². The highest BCUT2D eigenvalue weighted by Gasteiger charge is 2.29. The van der Waals surface area contributed by atoms with Crippen molar-refractivity contribution < 1.29 is 4.42 Å². The van der Waals surface area contributed by atoms with Gasteiger partial charge in [0.25, 0.3) is 0 Å². The van der Waals surface area contributed by atoms with Crippen molar-refractivity contribution >= 4 is 115 Å². The maximum Gasteiger partial charge on any atom is 0.146 e. The highest BCUT2D eigenvalue weighted by molar-refractivity contribution is 6.43. The molecule has 0 saturated heterocycles. The minimum Gasteiger partial charge on any atom is -0.455 e. The minimum atomic E-state index is 0.984. The molecule has 0 radical (unpaired) electrons. The van der Waals surface area contributed by atoms with Crippen molar-refractivity contribution in [2.24, 2.45) is 0 Å². The molecule has 0 bridgehead atoms. The first-order chi connectivity index (χ1) is 23.4. The molecule has 0 saturated carbocycles. The number of allylic oxidation sites excluding steroid dienone is 1. The number of nitrogens with zero attached hydrogens (tertiary/aromatic N) is 2. The molecular weight excluding hydrogens is 572 g/mol. The molecule has 0 amide bonds. The van der Waals surface area contributed by atoms with Crippen molar-refractivity contribution in [1.29, 1.82) is 0 Å². The van der Waals surface area contributed by atoms with E-state index in [-0.39, 0.29) is 0 Å². The molecule has 1 aliphatic rings. The Balaban J connectivity index is 1.39. The molecule has 3 heteroatoms. The zero-order valence-electron chi connectivity index (χ0n) is 25.3. The summed E-state index contributed by atoms with van der Waals surface area (Å²) < 4.78 is 12.5. The summed E-state index contributed by atoms with van der Waals surface area (Å²) in [6, 6.07) is 40.4. The molecule has 5 aromatic heterocycles. The van der Waals surface area contributed by atoms with Crippen LogP contribution in [0.1, 0.15) is 17.7 Å². The van der Waals surface area contributed by atoms with Crippen LogP contribution in [0, 0.1) is 0 Å². The van der Waals surface area contributed by atoms with Gasteiger partial charge < -0.3 is 13.2 Å². The number of fused-ring (bicyclic) bond motifs is 23. The molecule has 0 unspecified atom stereocenters. The topological polar surface area (TPSA) is 22.0 Å². The van der Waals surface area contributed by atoms with E-state index in [1.54, 1.807) is 0 Å². The van der Waals surface area contributed by atoms with Crippen LogP contribution in [0.5, 0.6) is 0 Å². The number of hydrogen-bond acceptors (Lipinski definition) is 1. The van der Waals surface area contributed by atoms with Crippen LogP contribution in [0.25, 0.3) is 115 Å². The zero-order valence-corrected chi connectivity index (χ0v) is 25.3. The second kappa shape index (κ2) is 7.66. The predicted molar refractivity (Wildman–Crippen MR) is 198 cm³/mol. The van der Waals surface area contributed by atoms with E-state index in [2.05, 4.69) is 130 Å². The summed E-state index contributed by atoms with van der Waals surface area (Å²) in [6.07, 6.45) is 6.85. The molecule has 7 aromatic carbocycles. The Morgan fingerprint density at radius 3 is 1.64 bits per heavy atom. The number of benzene rings is 7. The van der Waals surface area contributed by atoms with E-state index in [1.807, 2.05) is 0 Å². The first kappa shape index (κ1) is 23.3. The molecule has 13 rings (SSSR count).